The molecule has 5 rings (SSSR count). The van der Waals surface area contributed by atoms with Crippen molar-refractivity contribution in [1.82, 2.24) is 24.6 Å². The number of nitrogens with one attached hydrogen (secondary N) is 2. The van der Waals surface area contributed by atoms with E-state index in [-0.39, 0.29) is 17.4 Å². The molecule has 0 bridgehead atoms. The molecule has 0 atom stereocenters. The molecule has 3 N–H and O–H groups in total. The zero-order valence-electron chi connectivity index (χ0n) is 16.4. The van der Waals surface area contributed by atoms with E-state index in [4.69, 9.17) is 9.72 Å². The van der Waals surface area contributed by atoms with Gasteiger partial charge in [0.1, 0.15) is 23.6 Å². The molecule has 9 nitrogen and oxygen atoms in total. The molecule has 1 aromatic carbocycles. The Labute approximate surface area is 170 Å². The van der Waals surface area contributed by atoms with Crippen molar-refractivity contribution in [2.45, 2.75) is 31.6 Å². The predicted octanol–water partition coefficient (Wildman–Crippen LogP) is 2.93. The van der Waals surface area contributed by atoms with E-state index in [1.165, 1.54) is 6.33 Å². The van der Waals surface area contributed by atoms with Crippen LogP contribution >= 0.6 is 0 Å². The van der Waals surface area contributed by atoms with Crippen LogP contribution in [0.15, 0.2) is 35.4 Å². The van der Waals surface area contributed by atoms with Gasteiger partial charge in [-0.3, -0.25) is 9.59 Å². The fraction of sp³-hybridized carbons (Fsp3) is 0.333. The minimum absolute atomic E-state index is 0.0510. The van der Waals surface area contributed by atoms with Crippen LogP contribution in [0.3, 0.4) is 0 Å². The molecule has 0 aliphatic heterocycles. The Bertz CT molecular complexity index is 1310. The highest BCUT2D eigenvalue weighted by Crippen LogP contribution is 2.37. The molecule has 0 radical (unpaired) electrons. The second-order valence-corrected chi connectivity index (χ2v) is 7.69. The first-order valence-electron chi connectivity index (χ1n) is 9.92. The van der Waals surface area contributed by atoms with Crippen molar-refractivity contribution < 1.29 is 14.6 Å². The Morgan fingerprint density at radius 3 is 2.80 bits per heavy atom. The summed E-state index contributed by atoms with van der Waals surface area (Å²) < 4.78 is 7.03. The number of aromatic nitrogens is 5. The number of para-hydroxylation sites is 1. The number of carboxylic acids is 1. The highest BCUT2D eigenvalue weighted by molar-refractivity contribution is 5.92. The average molecular weight is 407 g/mol. The molecule has 0 amide bonds. The van der Waals surface area contributed by atoms with Gasteiger partial charge in [-0.1, -0.05) is 12.1 Å². The summed E-state index contributed by atoms with van der Waals surface area (Å²) in [5.74, 6) is 0.394. The van der Waals surface area contributed by atoms with E-state index >= 15 is 0 Å². The second kappa shape index (κ2) is 7.01. The molecule has 30 heavy (non-hydrogen) atoms. The zero-order chi connectivity index (χ0) is 20.8. The fourth-order valence-corrected chi connectivity index (χ4v) is 4.44. The lowest BCUT2D eigenvalue weighted by atomic mass is 9.82. The summed E-state index contributed by atoms with van der Waals surface area (Å²) in [6.07, 6.45) is 3.95. The molecular weight excluding hydrogens is 386 g/mol. The Kier molecular flexibility index (Phi) is 4.30. The number of imidazole rings is 1. The first-order chi connectivity index (χ1) is 14.6. The largest absolute Gasteiger partial charge is 0.495 e. The van der Waals surface area contributed by atoms with E-state index in [1.807, 2.05) is 24.3 Å². The SMILES string of the molecule is COc1cccc2cc(-c3nc(C4CCC(C(=O)O)CC4)n4nc[nH]c(=O)c34)[nH]c12. The van der Waals surface area contributed by atoms with Gasteiger partial charge >= 0.3 is 5.97 Å². The molecule has 3 heterocycles. The van der Waals surface area contributed by atoms with Crippen molar-refractivity contribution in [3.63, 3.8) is 0 Å². The summed E-state index contributed by atoms with van der Waals surface area (Å²) >= 11 is 0. The number of aromatic amines is 2. The van der Waals surface area contributed by atoms with Crippen molar-refractivity contribution in [3.8, 4) is 17.1 Å². The topological polar surface area (TPSA) is 125 Å². The number of rotatable bonds is 4. The van der Waals surface area contributed by atoms with Gasteiger partial charge in [0.2, 0.25) is 0 Å². The van der Waals surface area contributed by atoms with Gasteiger partial charge in [-0.05, 0) is 37.8 Å². The average Bonchev–Trinajstić information content (AvgIpc) is 3.36. The molecule has 9 heteroatoms. The summed E-state index contributed by atoms with van der Waals surface area (Å²) in [5.41, 5.74) is 2.16. The summed E-state index contributed by atoms with van der Waals surface area (Å²) in [5, 5.41) is 14.6. The van der Waals surface area contributed by atoms with Gasteiger partial charge in [-0.15, -0.1) is 0 Å². The van der Waals surface area contributed by atoms with E-state index < -0.39 is 5.97 Å². The van der Waals surface area contributed by atoms with Gasteiger partial charge < -0.3 is 19.8 Å². The van der Waals surface area contributed by atoms with Gasteiger partial charge in [0, 0.05) is 11.3 Å². The lowest BCUT2D eigenvalue weighted by Gasteiger charge is -2.24. The minimum Gasteiger partial charge on any atom is -0.495 e. The number of hydrogen-bond acceptors (Lipinski definition) is 5. The van der Waals surface area contributed by atoms with E-state index in [0.29, 0.717) is 54.2 Å². The Balaban J connectivity index is 1.64. The number of carbonyl (C=O) groups is 1. The van der Waals surface area contributed by atoms with Crippen molar-refractivity contribution >= 4 is 22.4 Å². The first kappa shape index (κ1) is 18.4. The van der Waals surface area contributed by atoms with Crippen LogP contribution in [0.2, 0.25) is 0 Å². The van der Waals surface area contributed by atoms with Crippen LogP contribution in [-0.4, -0.2) is 42.8 Å². The molecule has 1 aliphatic rings. The first-order valence-corrected chi connectivity index (χ1v) is 9.92. The third-order valence-corrected chi connectivity index (χ3v) is 6.00. The molecule has 0 saturated heterocycles. The number of benzene rings is 1. The van der Waals surface area contributed by atoms with Gasteiger partial charge in [-0.25, -0.2) is 9.50 Å². The molecule has 0 spiro atoms. The van der Waals surface area contributed by atoms with Crippen LogP contribution < -0.4 is 10.3 Å². The third-order valence-electron chi connectivity index (χ3n) is 6.00. The monoisotopic (exact) mass is 407 g/mol. The summed E-state index contributed by atoms with van der Waals surface area (Å²) in [6, 6.07) is 7.68. The zero-order valence-corrected chi connectivity index (χ0v) is 16.4. The van der Waals surface area contributed by atoms with Crippen LogP contribution in [0.5, 0.6) is 5.75 Å². The van der Waals surface area contributed by atoms with Crippen molar-refractivity contribution in [3.05, 3.63) is 46.8 Å². The number of methoxy groups -OCH3 is 1. The van der Waals surface area contributed by atoms with Gasteiger partial charge in [0.25, 0.3) is 5.56 Å². The van der Waals surface area contributed by atoms with Gasteiger partial charge in [0.05, 0.1) is 24.2 Å². The Morgan fingerprint density at radius 2 is 2.07 bits per heavy atom. The standard InChI is InChI=1S/C21H21N5O4/c1-30-15-4-2-3-13-9-14(24-16(13)15)17-18-20(27)22-10-23-26(18)19(25-17)11-5-7-12(8-6-11)21(28)29/h2-4,9-12,24H,5-8H2,1H3,(H,28,29)(H,22,23,27). The van der Waals surface area contributed by atoms with Gasteiger partial charge in [-0.2, -0.15) is 5.10 Å². The number of aliphatic carboxylic acids is 1. The molecule has 4 aromatic rings. The number of nitrogens with zero attached hydrogens (tertiary/aromatic N) is 3. The molecule has 0 unspecified atom stereocenters. The smallest absolute Gasteiger partial charge is 0.306 e. The number of ether oxygens (including phenoxy) is 1. The molecule has 1 fully saturated rings. The number of carboxylic acid groups (broad SMARTS) is 1. The summed E-state index contributed by atoms with van der Waals surface area (Å²) in [6.45, 7) is 0. The lowest BCUT2D eigenvalue weighted by molar-refractivity contribution is -0.142. The van der Waals surface area contributed by atoms with Crippen molar-refractivity contribution in [2.75, 3.05) is 7.11 Å². The van der Waals surface area contributed by atoms with Crippen molar-refractivity contribution in [1.29, 1.82) is 0 Å². The third kappa shape index (κ3) is 2.85. The minimum atomic E-state index is -0.747. The van der Waals surface area contributed by atoms with Crippen molar-refractivity contribution in [2.24, 2.45) is 5.92 Å². The molecule has 1 aliphatic carbocycles. The van der Waals surface area contributed by atoms with Crippen LogP contribution in [0.4, 0.5) is 0 Å². The second-order valence-electron chi connectivity index (χ2n) is 7.69. The van der Waals surface area contributed by atoms with E-state index in [2.05, 4.69) is 15.1 Å². The Hall–Kier alpha value is -3.62. The van der Waals surface area contributed by atoms with Crippen LogP contribution in [-0.2, 0) is 4.79 Å². The lowest BCUT2D eigenvalue weighted by Crippen LogP contribution is -2.22. The number of H-pyrrole nitrogens is 2. The highest BCUT2D eigenvalue weighted by Gasteiger charge is 2.31. The fourth-order valence-electron chi connectivity index (χ4n) is 4.44. The van der Waals surface area contributed by atoms with E-state index in [0.717, 1.165) is 10.9 Å². The normalized spacial score (nSPS) is 19.4. The molecule has 154 valence electrons. The summed E-state index contributed by atoms with van der Waals surface area (Å²) in [7, 11) is 1.61. The van der Waals surface area contributed by atoms with Crippen LogP contribution in [0.1, 0.15) is 37.4 Å². The maximum atomic E-state index is 12.7. The van der Waals surface area contributed by atoms with E-state index in [1.54, 1.807) is 11.6 Å². The number of fused-ring (bicyclic) bond motifs is 2. The Morgan fingerprint density at radius 1 is 1.27 bits per heavy atom. The maximum Gasteiger partial charge on any atom is 0.306 e. The highest BCUT2D eigenvalue weighted by atomic mass is 16.5. The molecular formula is C21H21N5O4. The van der Waals surface area contributed by atoms with Crippen LogP contribution in [0.25, 0.3) is 27.8 Å². The predicted molar refractivity (Wildman–Crippen MR) is 110 cm³/mol. The van der Waals surface area contributed by atoms with E-state index in [9.17, 15) is 14.7 Å². The quantitative estimate of drug-likeness (QED) is 0.478. The van der Waals surface area contributed by atoms with Gasteiger partial charge in [0.15, 0.2) is 5.52 Å². The number of hydrogen-bond donors (Lipinski definition) is 3. The maximum absolute atomic E-state index is 12.7. The summed E-state index contributed by atoms with van der Waals surface area (Å²) in [4.78, 5) is 34.8. The molecule has 1 saturated carbocycles. The van der Waals surface area contributed by atoms with Crippen LogP contribution in [0, 0.1) is 5.92 Å². The molecule has 3 aromatic heterocycles.